The van der Waals surface area contributed by atoms with Crippen molar-refractivity contribution in [1.29, 1.82) is 0 Å². The second-order valence-corrected chi connectivity index (χ2v) is 5.07. The zero-order valence-corrected chi connectivity index (χ0v) is 10.0. The summed E-state index contributed by atoms with van der Waals surface area (Å²) in [6, 6.07) is 1.64. The average Bonchev–Trinajstić information content (AvgIpc) is 2.61. The number of ether oxygens (including phenoxy) is 1. The molecule has 1 aromatic rings. The highest BCUT2D eigenvalue weighted by molar-refractivity contribution is 6.31. The van der Waals surface area contributed by atoms with Gasteiger partial charge in [0.1, 0.15) is 5.82 Å². The normalized spacial score (nSPS) is 30.9. The summed E-state index contributed by atoms with van der Waals surface area (Å²) >= 11 is 5.87. The molecule has 1 fully saturated rings. The maximum absolute atomic E-state index is 12.2. The Hall–Kier alpha value is -1.33. The number of rotatable bonds is 0. The van der Waals surface area contributed by atoms with Gasteiger partial charge >= 0.3 is 0 Å². The number of nitrogens with zero attached hydrogens (tertiary/aromatic N) is 1. The molecule has 2 unspecified atom stereocenters. The van der Waals surface area contributed by atoms with Crippen molar-refractivity contribution >= 4 is 29.0 Å². The first-order valence-corrected chi connectivity index (χ1v) is 5.79. The summed E-state index contributed by atoms with van der Waals surface area (Å²) < 4.78 is 5.38. The van der Waals surface area contributed by atoms with Gasteiger partial charge in [-0.1, -0.05) is 11.6 Å². The Bertz CT molecular complexity index is 494. The van der Waals surface area contributed by atoms with Crippen LogP contribution in [0, 0.1) is 5.41 Å². The molecule has 90 valence electrons. The minimum atomic E-state index is -0.562. The standard InChI is InChI=1S/C11H12ClN3O2/c1-11-5-17-4-8(11)15-9-7(14-10(11)16)2-6(12)3-13-9/h2-3,8H,4-5H2,1H3,(H,13,15)(H,14,16). The summed E-state index contributed by atoms with van der Waals surface area (Å²) in [6.07, 6.45) is 1.55. The van der Waals surface area contributed by atoms with Gasteiger partial charge in [-0.25, -0.2) is 4.98 Å². The van der Waals surface area contributed by atoms with Crippen LogP contribution < -0.4 is 10.6 Å². The van der Waals surface area contributed by atoms with Gasteiger partial charge in [0.15, 0.2) is 0 Å². The number of anilines is 2. The lowest BCUT2D eigenvalue weighted by atomic mass is 9.84. The zero-order valence-electron chi connectivity index (χ0n) is 9.29. The summed E-state index contributed by atoms with van der Waals surface area (Å²) in [5, 5.41) is 6.59. The highest BCUT2D eigenvalue weighted by Crippen LogP contribution is 2.37. The molecule has 3 rings (SSSR count). The van der Waals surface area contributed by atoms with Crippen molar-refractivity contribution in [3.63, 3.8) is 0 Å². The van der Waals surface area contributed by atoms with Gasteiger partial charge in [-0.2, -0.15) is 0 Å². The maximum atomic E-state index is 12.2. The highest BCUT2D eigenvalue weighted by Gasteiger charge is 2.48. The minimum absolute atomic E-state index is 0.0579. The molecule has 2 aliphatic rings. The maximum Gasteiger partial charge on any atom is 0.234 e. The number of nitrogens with one attached hydrogen (secondary N) is 2. The molecule has 0 bridgehead atoms. The van der Waals surface area contributed by atoms with Gasteiger partial charge in [0.25, 0.3) is 0 Å². The number of pyridine rings is 1. The van der Waals surface area contributed by atoms with Crippen LogP contribution in [0.4, 0.5) is 11.5 Å². The third-order valence-corrected chi connectivity index (χ3v) is 3.59. The van der Waals surface area contributed by atoms with Crippen LogP contribution in [0.15, 0.2) is 12.3 Å². The van der Waals surface area contributed by atoms with E-state index in [4.69, 9.17) is 16.3 Å². The van der Waals surface area contributed by atoms with E-state index in [-0.39, 0.29) is 11.9 Å². The molecular formula is C11H12ClN3O2. The lowest BCUT2D eigenvalue weighted by Crippen LogP contribution is -2.44. The Morgan fingerprint density at radius 3 is 3.29 bits per heavy atom. The van der Waals surface area contributed by atoms with Gasteiger partial charge in [0.05, 0.1) is 35.4 Å². The van der Waals surface area contributed by atoms with E-state index in [0.717, 1.165) is 0 Å². The van der Waals surface area contributed by atoms with E-state index < -0.39 is 5.41 Å². The summed E-state index contributed by atoms with van der Waals surface area (Å²) in [5.41, 5.74) is 0.0609. The molecule has 5 nitrogen and oxygen atoms in total. The molecule has 0 aromatic carbocycles. The van der Waals surface area contributed by atoms with E-state index in [1.807, 2.05) is 6.92 Å². The van der Waals surface area contributed by atoms with Crippen molar-refractivity contribution in [2.24, 2.45) is 5.41 Å². The molecule has 0 aliphatic carbocycles. The van der Waals surface area contributed by atoms with Crippen molar-refractivity contribution in [2.75, 3.05) is 23.8 Å². The number of hydrogen-bond donors (Lipinski definition) is 2. The van der Waals surface area contributed by atoms with Gasteiger partial charge in [-0.3, -0.25) is 4.79 Å². The van der Waals surface area contributed by atoms with Crippen LogP contribution in [-0.2, 0) is 9.53 Å². The Morgan fingerprint density at radius 1 is 1.65 bits per heavy atom. The van der Waals surface area contributed by atoms with E-state index >= 15 is 0 Å². The van der Waals surface area contributed by atoms with Crippen molar-refractivity contribution < 1.29 is 9.53 Å². The van der Waals surface area contributed by atoms with Crippen LogP contribution in [-0.4, -0.2) is 30.1 Å². The minimum Gasteiger partial charge on any atom is -0.378 e. The second kappa shape index (κ2) is 3.58. The summed E-state index contributed by atoms with van der Waals surface area (Å²) in [6.45, 7) is 2.81. The fourth-order valence-electron chi connectivity index (χ4n) is 2.18. The third-order valence-electron chi connectivity index (χ3n) is 3.39. The van der Waals surface area contributed by atoms with E-state index in [1.54, 1.807) is 12.3 Å². The van der Waals surface area contributed by atoms with Crippen LogP contribution in [0.1, 0.15) is 6.92 Å². The number of amides is 1. The topological polar surface area (TPSA) is 63.2 Å². The third kappa shape index (κ3) is 1.57. The molecule has 0 spiro atoms. The molecule has 1 amide bonds. The molecule has 2 N–H and O–H groups in total. The van der Waals surface area contributed by atoms with Crippen molar-refractivity contribution in [3.8, 4) is 0 Å². The molecule has 3 heterocycles. The second-order valence-electron chi connectivity index (χ2n) is 4.63. The SMILES string of the molecule is CC12COCC1Nc1ncc(Cl)cc1NC2=O. The molecule has 1 aromatic heterocycles. The number of carbonyl (C=O) groups is 1. The molecule has 0 radical (unpaired) electrons. The van der Waals surface area contributed by atoms with Crippen LogP contribution in [0.25, 0.3) is 0 Å². The number of halogens is 1. The number of fused-ring (bicyclic) bond motifs is 2. The molecule has 2 aliphatic heterocycles. The summed E-state index contributed by atoms with van der Waals surface area (Å²) in [4.78, 5) is 16.4. The molecule has 1 saturated heterocycles. The predicted molar refractivity (Wildman–Crippen MR) is 64.2 cm³/mol. The smallest absolute Gasteiger partial charge is 0.234 e. The van der Waals surface area contributed by atoms with Crippen LogP contribution in [0.2, 0.25) is 5.02 Å². The van der Waals surface area contributed by atoms with Gasteiger partial charge in [0.2, 0.25) is 5.91 Å². The quantitative estimate of drug-likeness (QED) is 0.736. The van der Waals surface area contributed by atoms with Crippen LogP contribution in [0.5, 0.6) is 0 Å². The largest absolute Gasteiger partial charge is 0.378 e. The zero-order chi connectivity index (χ0) is 12.0. The van der Waals surface area contributed by atoms with Crippen LogP contribution in [0.3, 0.4) is 0 Å². The molecule has 2 atom stereocenters. The first kappa shape index (κ1) is 10.8. The van der Waals surface area contributed by atoms with Gasteiger partial charge < -0.3 is 15.4 Å². The monoisotopic (exact) mass is 253 g/mol. The predicted octanol–water partition coefficient (Wildman–Crippen LogP) is 1.50. The van der Waals surface area contributed by atoms with E-state index in [9.17, 15) is 4.79 Å². The Labute approximate surface area is 104 Å². The van der Waals surface area contributed by atoms with Gasteiger partial charge in [0, 0.05) is 6.20 Å². The number of hydrogen-bond acceptors (Lipinski definition) is 4. The lowest BCUT2D eigenvalue weighted by Gasteiger charge is -2.25. The number of aromatic nitrogens is 1. The highest BCUT2D eigenvalue weighted by atomic mass is 35.5. The van der Waals surface area contributed by atoms with Crippen molar-refractivity contribution in [2.45, 2.75) is 13.0 Å². The number of carbonyl (C=O) groups excluding carboxylic acids is 1. The van der Waals surface area contributed by atoms with Crippen molar-refractivity contribution in [1.82, 2.24) is 4.98 Å². The molecular weight excluding hydrogens is 242 g/mol. The van der Waals surface area contributed by atoms with E-state index in [2.05, 4.69) is 15.6 Å². The first-order chi connectivity index (χ1) is 8.09. The first-order valence-electron chi connectivity index (χ1n) is 5.41. The van der Waals surface area contributed by atoms with Crippen LogP contribution >= 0.6 is 11.6 Å². The molecule has 17 heavy (non-hydrogen) atoms. The molecule has 6 heteroatoms. The lowest BCUT2D eigenvalue weighted by molar-refractivity contribution is -0.124. The van der Waals surface area contributed by atoms with Crippen molar-refractivity contribution in [3.05, 3.63) is 17.3 Å². The fourth-order valence-corrected chi connectivity index (χ4v) is 2.34. The summed E-state index contributed by atoms with van der Waals surface area (Å²) in [5.74, 6) is 0.581. The van der Waals surface area contributed by atoms with E-state index in [1.165, 1.54) is 0 Å². The Kier molecular flexibility index (Phi) is 2.27. The Morgan fingerprint density at radius 2 is 2.47 bits per heavy atom. The summed E-state index contributed by atoms with van der Waals surface area (Å²) in [7, 11) is 0. The average molecular weight is 254 g/mol. The van der Waals surface area contributed by atoms with E-state index in [0.29, 0.717) is 29.7 Å². The van der Waals surface area contributed by atoms with Gasteiger partial charge in [-0.05, 0) is 13.0 Å². The van der Waals surface area contributed by atoms with Gasteiger partial charge in [-0.15, -0.1) is 0 Å². The molecule has 0 saturated carbocycles. The fraction of sp³-hybridized carbons (Fsp3) is 0.455. The Balaban J connectivity index is 2.06.